The van der Waals surface area contributed by atoms with Crippen molar-refractivity contribution in [3.8, 4) is 0 Å². The zero-order valence-corrected chi connectivity index (χ0v) is 9.22. The van der Waals surface area contributed by atoms with Crippen LogP contribution in [0.5, 0.6) is 0 Å². The molecule has 7 heteroatoms. The summed E-state index contributed by atoms with van der Waals surface area (Å²) in [5.74, 6) is 1.59. The van der Waals surface area contributed by atoms with Gasteiger partial charge in [0.05, 0.1) is 13.2 Å². The molecule has 1 aliphatic heterocycles. The summed E-state index contributed by atoms with van der Waals surface area (Å²) < 4.78 is 10.1. The fraction of sp³-hybridized carbons (Fsp3) is 0.667. The summed E-state index contributed by atoms with van der Waals surface area (Å²) in [6, 6.07) is 0. The Bertz CT molecular complexity index is 370. The number of nitrogens with two attached hydrogens (primary N) is 1. The van der Waals surface area contributed by atoms with Crippen molar-refractivity contribution in [1.82, 2.24) is 15.0 Å². The predicted octanol–water partition coefficient (Wildman–Crippen LogP) is -0.475. The molecule has 1 aromatic rings. The van der Waals surface area contributed by atoms with Crippen LogP contribution in [-0.4, -0.2) is 47.3 Å². The van der Waals surface area contributed by atoms with Gasteiger partial charge in [0.1, 0.15) is 6.54 Å². The number of aromatic nitrogens is 2. The van der Waals surface area contributed by atoms with E-state index < -0.39 is 0 Å². The monoisotopic (exact) mass is 225 g/mol. The van der Waals surface area contributed by atoms with Gasteiger partial charge in [-0.05, 0) is 0 Å². The Balaban J connectivity index is 1.90. The average molecular weight is 225 g/mol. The van der Waals surface area contributed by atoms with Gasteiger partial charge < -0.3 is 19.9 Å². The van der Waals surface area contributed by atoms with Crippen LogP contribution in [0.4, 0.5) is 0 Å². The minimum atomic E-state index is 0.348. The molecule has 0 amide bonds. The quantitative estimate of drug-likeness (QED) is 0.540. The van der Waals surface area contributed by atoms with Crippen molar-refractivity contribution in [2.24, 2.45) is 10.7 Å². The van der Waals surface area contributed by atoms with Crippen molar-refractivity contribution in [3.05, 3.63) is 11.7 Å². The van der Waals surface area contributed by atoms with E-state index in [9.17, 15) is 0 Å². The van der Waals surface area contributed by atoms with E-state index in [0.29, 0.717) is 37.4 Å². The van der Waals surface area contributed by atoms with Crippen LogP contribution in [0, 0.1) is 6.92 Å². The molecular weight excluding hydrogens is 210 g/mol. The molecule has 1 fully saturated rings. The molecule has 0 aliphatic carbocycles. The lowest BCUT2D eigenvalue weighted by Gasteiger charge is -2.27. The molecule has 0 spiro atoms. The maximum atomic E-state index is 5.84. The van der Waals surface area contributed by atoms with Crippen LogP contribution in [0.15, 0.2) is 9.52 Å². The Morgan fingerprint density at radius 3 is 2.88 bits per heavy atom. The number of aryl methyl sites for hydroxylation is 1. The van der Waals surface area contributed by atoms with Crippen LogP contribution >= 0.6 is 0 Å². The molecule has 1 saturated heterocycles. The third-order valence-corrected chi connectivity index (χ3v) is 2.29. The molecule has 2 N–H and O–H groups in total. The Morgan fingerprint density at radius 2 is 2.25 bits per heavy atom. The van der Waals surface area contributed by atoms with E-state index in [0.717, 1.165) is 13.1 Å². The lowest BCUT2D eigenvalue weighted by atomic mass is 10.4. The van der Waals surface area contributed by atoms with Gasteiger partial charge in [-0.2, -0.15) is 4.98 Å². The van der Waals surface area contributed by atoms with Gasteiger partial charge in [0.25, 0.3) is 0 Å². The molecule has 0 radical (unpaired) electrons. The number of rotatable bonds is 2. The smallest absolute Gasteiger partial charge is 0.223 e. The van der Waals surface area contributed by atoms with Gasteiger partial charge in [-0.3, -0.25) is 0 Å². The SMILES string of the molecule is Cc1nc(CN=C(N)N2CCOCC2)no1. The van der Waals surface area contributed by atoms with Crippen LogP contribution in [0.3, 0.4) is 0 Å². The highest BCUT2D eigenvalue weighted by molar-refractivity contribution is 5.78. The zero-order valence-electron chi connectivity index (χ0n) is 9.22. The number of hydrogen-bond acceptors (Lipinski definition) is 5. The van der Waals surface area contributed by atoms with E-state index in [1.807, 2.05) is 4.90 Å². The van der Waals surface area contributed by atoms with E-state index in [-0.39, 0.29) is 0 Å². The molecule has 16 heavy (non-hydrogen) atoms. The molecule has 0 aromatic carbocycles. The number of hydrogen-bond donors (Lipinski definition) is 1. The molecule has 0 bridgehead atoms. The average Bonchev–Trinajstić information content (AvgIpc) is 2.73. The van der Waals surface area contributed by atoms with Crippen molar-refractivity contribution in [2.75, 3.05) is 26.3 Å². The summed E-state index contributed by atoms with van der Waals surface area (Å²) in [6.45, 7) is 5.03. The maximum Gasteiger partial charge on any atom is 0.223 e. The highest BCUT2D eigenvalue weighted by atomic mass is 16.5. The zero-order chi connectivity index (χ0) is 11.4. The molecule has 0 saturated carbocycles. The summed E-state index contributed by atoms with van der Waals surface area (Å²) in [5.41, 5.74) is 5.84. The fourth-order valence-corrected chi connectivity index (χ4v) is 1.45. The van der Waals surface area contributed by atoms with Gasteiger partial charge in [0.15, 0.2) is 11.8 Å². The lowest BCUT2D eigenvalue weighted by Crippen LogP contribution is -2.44. The molecule has 0 atom stereocenters. The van der Waals surface area contributed by atoms with Crippen LogP contribution in [-0.2, 0) is 11.3 Å². The number of morpholine rings is 1. The molecule has 2 rings (SSSR count). The van der Waals surface area contributed by atoms with E-state index >= 15 is 0 Å². The Kier molecular flexibility index (Phi) is 3.35. The first-order valence-corrected chi connectivity index (χ1v) is 5.17. The summed E-state index contributed by atoms with van der Waals surface area (Å²) in [5, 5.41) is 3.74. The number of nitrogens with zero attached hydrogens (tertiary/aromatic N) is 4. The number of ether oxygens (including phenoxy) is 1. The first kappa shape index (κ1) is 10.9. The number of guanidine groups is 1. The second-order valence-electron chi connectivity index (χ2n) is 3.50. The highest BCUT2D eigenvalue weighted by Crippen LogP contribution is 1.99. The van der Waals surface area contributed by atoms with E-state index in [2.05, 4.69) is 15.1 Å². The van der Waals surface area contributed by atoms with E-state index in [1.165, 1.54) is 0 Å². The summed E-state index contributed by atoms with van der Waals surface area (Å²) in [4.78, 5) is 10.2. The van der Waals surface area contributed by atoms with Crippen molar-refractivity contribution in [1.29, 1.82) is 0 Å². The molecule has 2 heterocycles. The van der Waals surface area contributed by atoms with Crippen LogP contribution < -0.4 is 5.73 Å². The normalized spacial score (nSPS) is 17.8. The Morgan fingerprint density at radius 1 is 1.50 bits per heavy atom. The van der Waals surface area contributed by atoms with Crippen LogP contribution in [0.1, 0.15) is 11.7 Å². The van der Waals surface area contributed by atoms with Gasteiger partial charge in [0, 0.05) is 20.0 Å². The summed E-state index contributed by atoms with van der Waals surface area (Å²) in [6.07, 6.45) is 0. The van der Waals surface area contributed by atoms with Crippen LogP contribution in [0.2, 0.25) is 0 Å². The molecule has 7 nitrogen and oxygen atoms in total. The van der Waals surface area contributed by atoms with Crippen molar-refractivity contribution >= 4 is 5.96 Å². The van der Waals surface area contributed by atoms with Gasteiger partial charge in [-0.25, -0.2) is 4.99 Å². The third-order valence-electron chi connectivity index (χ3n) is 2.29. The first-order valence-electron chi connectivity index (χ1n) is 5.17. The highest BCUT2D eigenvalue weighted by Gasteiger charge is 2.12. The second kappa shape index (κ2) is 4.93. The Hall–Kier alpha value is -1.63. The molecule has 0 unspecified atom stereocenters. The van der Waals surface area contributed by atoms with Gasteiger partial charge >= 0.3 is 0 Å². The van der Waals surface area contributed by atoms with Crippen LogP contribution in [0.25, 0.3) is 0 Å². The Labute approximate surface area is 93.3 Å². The van der Waals surface area contributed by atoms with Gasteiger partial charge in [-0.1, -0.05) is 5.16 Å². The standard InChI is InChI=1S/C9H15N5O2/c1-7-12-8(13-16-7)6-11-9(10)14-2-4-15-5-3-14/h2-6H2,1H3,(H2,10,11). The summed E-state index contributed by atoms with van der Waals surface area (Å²) >= 11 is 0. The molecule has 1 aromatic heterocycles. The van der Waals surface area contributed by atoms with E-state index in [4.69, 9.17) is 15.0 Å². The van der Waals surface area contributed by atoms with Gasteiger partial charge in [0.2, 0.25) is 5.89 Å². The molecular formula is C9H15N5O2. The van der Waals surface area contributed by atoms with Crippen molar-refractivity contribution in [2.45, 2.75) is 13.5 Å². The minimum absolute atomic E-state index is 0.348. The molecule has 88 valence electrons. The van der Waals surface area contributed by atoms with Crippen molar-refractivity contribution in [3.63, 3.8) is 0 Å². The largest absolute Gasteiger partial charge is 0.378 e. The molecule has 1 aliphatic rings. The number of aliphatic imine (C=N–C) groups is 1. The first-order chi connectivity index (χ1) is 7.75. The topological polar surface area (TPSA) is 89.8 Å². The minimum Gasteiger partial charge on any atom is -0.378 e. The van der Waals surface area contributed by atoms with E-state index in [1.54, 1.807) is 6.92 Å². The van der Waals surface area contributed by atoms with Gasteiger partial charge in [-0.15, -0.1) is 0 Å². The maximum absolute atomic E-state index is 5.84. The summed E-state index contributed by atoms with van der Waals surface area (Å²) in [7, 11) is 0. The fourth-order valence-electron chi connectivity index (χ4n) is 1.45. The third kappa shape index (κ3) is 2.69. The second-order valence-corrected chi connectivity index (χ2v) is 3.50. The van der Waals surface area contributed by atoms with Crippen molar-refractivity contribution < 1.29 is 9.26 Å². The predicted molar refractivity (Wildman–Crippen MR) is 56.8 cm³/mol. The lowest BCUT2D eigenvalue weighted by molar-refractivity contribution is 0.0674.